The van der Waals surface area contributed by atoms with Crippen LogP contribution in [0.25, 0.3) is 11.5 Å². The van der Waals surface area contributed by atoms with Gasteiger partial charge in [-0.25, -0.2) is 4.39 Å². The molecule has 0 spiro atoms. The van der Waals surface area contributed by atoms with Crippen molar-refractivity contribution in [1.82, 2.24) is 15.5 Å². The first-order valence-corrected chi connectivity index (χ1v) is 6.87. The molecule has 0 saturated carbocycles. The summed E-state index contributed by atoms with van der Waals surface area (Å²) in [7, 11) is 0. The van der Waals surface area contributed by atoms with Crippen LogP contribution < -0.4 is 5.32 Å². The van der Waals surface area contributed by atoms with Crippen molar-refractivity contribution < 1.29 is 8.81 Å². The van der Waals surface area contributed by atoms with Gasteiger partial charge in [-0.3, -0.25) is 0 Å². The van der Waals surface area contributed by atoms with E-state index in [1.165, 1.54) is 6.07 Å². The van der Waals surface area contributed by atoms with Crippen molar-refractivity contribution in [3.05, 3.63) is 34.4 Å². The fourth-order valence-electron chi connectivity index (χ4n) is 1.60. The molecule has 0 saturated heterocycles. The maximum atomic E-state index is 13.4. The number of nitrogens with zero attached hydrogens (tertiary/aromatic N) is 2. The average Bonchev–Trinajstić information content (AvgIpc) is 2.81. The van der Waals surface area contributed by atoms with Crippen molar-refractivity contribution in [2.45, 2.75) is 26.3 Å². The molecule has 0 atom stereocenters. The molecule has 0 bridgehead atoms. The summed E-state index contributed by atoms with van der Waals surface area (Å²) in [6, 6.07) is 5.13. The number of hydrogen-bond donors (Lipinski definition) is 1. The van der Waals surface area contributed by atoms with Gasteiger partial charge in [-0.2, -0.15) is 0 Å². The lowest BCUT2D eigenvalue weighted by atomic mass is 10.2. The standard InChI is InChI=1S/C13H15BrFN3O/c1-8(2)16-7-6-11-17-18-13(19-11)9-4-3-5-10(15)12(9)14/h3-5,8,16H,6-7H2,1-2H3. The first-order chi connectivity index (χ1) is 9.08. The highest BCUT2D eigenvalue weighted by molar-refractivity contribution is 9.10. The van der Waals surface area contributed by atoms with Crippen LogP contribution in [-0.4, -0.2) is 22.8 Å². The van der Waals surface area contributed by atoms with Gasteiger partial charge in [0.15, 0.2) is 0 Å². The van der Waals surface area contributed by atoms with Crippen LogP contribution in [0.5, 0.6) is 0 Å². The fraction of sp³-hybridized carbons (Fsp3) is 0.385. The van der Waals surface area contributed by atoms with E-state index in [0.29, 0.717) is 34.3 Å². The third-order valence-electron chi connectivity index (χ3n) is 2.54. The van der Waals surface area contributed by atoms with Crippen LogP contribution in [0.4, 0.5) is 4.39 Å². The quantitative estimate of drug-likeness (QED) is 0.916. The summed E-state index contributed by atoms with van der Waals surface area (Å²) in [4.78, 5) is 0. The third-order valence-corrected chi connectivity index (χ3v) is 3.35. The van der Waals surface area contributed by atoms with Gasteiger partial charge in [-0.05, 0) is 28.1 Å². The molecule has 1 N–H and O–H groups in total. The Morgan fingerprint density at radius 1 is 1.37 bits per heavy atom. The van der Waals surface area contributed by atoms with Crippen LogP contribution in [0, 0.1) is 5.82 Å². The van der Waals surface area contributed by atoms with Crippen molar-refractivity contribution in [1.29, 1.82) is 0 Å². The van der Waals surface area contributed by atoms with Gasteiger partial charge in [0.05, 0.1) is 10.0 Å². The highest BCUT2D eigenvalue weighted by atomic mass is 79.9. The fourth-order valence-corrected chi connectivity index (χ4v) is 2.03. The molecule has 0 fully saturated rings. The number of benzene rings is 1. The van der Waals surface area contributed by atoms with Gasteiger partial charge in [-0.15, -0.1) is 10.2 Å². The van der Waals surface area contributed by atoms with E-state index in [4.69, 9.17) is 4.42 Å². The molecule has 6 heteroatoms. The summed E-state index contributed by atoms with van der Waals surface area (Å²) < 4.78 is 19.3. The Morgan fingerprint density at radius 2 is 2.16 bits per heavy atom. The summed E-state index contributed by atoms with van der Waals surface area (Å²) in [6.07, 6.45) is 0.651. The molecule has 1 heterocycles. The van der Waals surface area contributed by atoms with E-state index in [0.717, 1.165) is 6.54 Å². The van der Waals surface area contributed by atoms with Crippen LogP contribution in [0.2, 0.25) is 0 Å². The second kappa shape index (κ2) is 6.25. The predicted molar refractivity (Wildman–Crippen MR) is 74.2 cm³/mol. The van der Waals surface area contributed by atoms with Crippen LogP contribution in [-0.2, 0) is 6.42 Å². The zero-order chi connectivity index (χ0) is 13.8. The summed E-state index contributed by atoms with van der Waals surface area (Å²) in [5.74, 6) is 0.518. The van der Waals surface area contributed by atoms with Crippen LogP contribution in [0.1, 0.15) is 19.7 Å². The summed E-state index contributed by atoms with van der Waals surface area (Å²) in [6.45, 7) is 4.91. The maximum absolute atomic E-state index is 13.4. The normalized spacial score (nSPS) is 11.2. The van der Waals surface area contributed by atoms with Crippen molar-refractivity contribution >= 4 is 15.9 Å². The molecule has 0 aliphatic rings. The topological polar surface area (TPSA) is 51.0 Å². The Hall–Kier alpha value is -1.27. The lowest BCUT2D eigenvalue weighted by Gasteiger charge is -2.04. The second-order valence-electron chi connectivity index (χ2n) is 4.46. The van der Waals surface area contributed by atoms with E-state index in [2.05, 4.69) is 45.3 Å². The number of halogens is 2. The van der Waals surface area contributed by atoms with Crippen molar-refractivity contribution in [2.24, 2.45) is 0 Å². The van der Waals surface area contributed by atoms with E-state index in [1.54, 1.807) is 12.1 Å². The monoisotopic (exact) mass is 327 g/mol. The summed E-state index contributed by atoms with van der Waals surface area (Å²) in [5.41, 5.74) is 0.565. The van der Waals surface area contributed by atoms with E-state index >= 15 is 0 Å². The number of hydrogen-bond acceptors (Lipinski definition) is 4. The molecule has 4 nitrogen and oxygen atoms in total. The molecule has 102 valence electrons. The highest BCUT2D eigenvalue weighted by Crippen LogP contribution is 2.29. The maximum Gasteiger partial charge on any atom is 0.248 e. The molecule has 0 radical (unpaired) electrons. The van der Waals surface area contributed by atoms with Gasteiger partial charge in [0.25, 0.3) is 0 Å². The molecule has 0 aliphatic carbocycles. The molecule has 1 aromatic carbocycles. The number of rotatable bonds is 5. The van der Waals surface area contributed by atoms with Gasteiger partial charge < -0.3 is 9.73 Å². The van der Waals surface area contributed by atoms with Crippen LogP contribution in [0.15, 0.2) is 27.1 Å². The Morgan fingerprint density at radius 3 is 2.89 bits per heavy atom. The smallest absolute Gasteiger partial charge is 0.248 e. The Balaban J connectivity index is 2.10. The minimum Gasteiger partial charge on any atom is -0.421 e. The molecular formula is C13H15BrFN3O. The first kappa shape index (κ1) is 14.1. The summed E-state index contributed by atoms with van der Waals surface area (Å²) in [5, 5.41) is 11.2. The average molecular weight is 328 g/mol. The van der Waals surface area contributed by atoms with Gasteiger partial charge in [0, 0.05) is 19.0 Å². The zero-order valence-electron chi connectivity index (χ0n) is 10.8. The molecule has 0 aliphatic heterocycles. The lowest BCUT2D eigenvalue weighted by Crippen LogP contribution is -2.25. The van der Waals surface area contributed by atoms with Gasteiger partial charge >= 0.3 is 0 Å². The van der Waals surface area contributed by atoms with Crippen molar-refractivity contribution in [3.8, 4) is 11.5 Å². The van der Waals surface area contributed by atoms with Crippen LogP contribution >= 0.6 is 15.9 Å². The first-order valence-electron chi connectivity index (χ1n) is 6.08. The molecule has 0 amide bonds. The van der Waals surface area contributed by atoms with E-state index < -0.39 is 0 Å². The van der Waals surface area contributed by atoms with E-state index in [9.17, 15) is 4.39 Å². The molecule has 0 unspecified atom stereocenters. The Bertz CT molecular complexity index is 557. The Kier molecular flexibility index (Phi) is 4.66. The predicted octanol–water partition coefficient (Wildman–Crippen LogP) is 3.18. The SMILES string of the molecule is CC(C)NCCc1nnc(-c2cccc(F)c2Br)o1. The molecule has 1 aromatic heterocycles. The van der Waals surface area contributed by atoms with Gasteiger partial charge in [-0.1, -0.05) is 19.9 Å². The van der Waals surface area contributed by atoms with Crippen LogP contribution in [0.3, 0.4) is 0 Å². The number of nitrogens with one attached hydrogen (secondary N) is 1. The third kappa shape index (κ3) is 3.61. The molecular weight excluding hydrogens is 313 g/mol. The molecule has 19 heavy (non-hydrogen) atoms. The molecule has 2 rings (SSSR count). The minimum atomic E-state index is -0.348. The largest absolute Gasteiger partial charge is 0.421 e. The second-order valence-corrected chi connectivity index (χ2v) is 5.25. The van der Waals surface area contributed by atoms with Crippen molar-refractivity contribution in [3.63, 3.8) is 0 Å². The minimum absolute atomic E-state index is 0.325. The highest BCUT2D eigenvalue weighted by Gasteiger charge is 2.13. The number of aromatic nitrogens is 2. The Labute approximate surface area is 119 Å². The van der Waals surface area contributed by atoms with Gasteiger partial charge in [0.2, 0.25) is 11.8 Å². The molecule has 2 aromatic rings. The summed E-state index contributed by atoms with van der Waals surface area (Å²) >= 11 is 3.18. The van der Waals surface area contributed by atoms with Gasteiger partial charge in [0.1, 0.15) is 5.82 Å². The van der Waals surface area contributed by atoms with Crippen molar-refractivity contribution in [2.75, 3.05) is 6.54 Å². The lowest BCUT2D eigenvalue weighted by molar-refractivity contribution is 0.483. The zero-order valence-corrected chi connectivity index (χ0v) is 12.4. The van der Waals surface area contributed by atoms with E-state index in [1.807, 2.05) is 0 Å². The van der Waals surface area contributed by atoms with E-state index in [-0.39, 0.29) is 5.82 Å².